The van der Waals surface area contributed by atoms with Crippen LogP contribution in [0.4, 0.5) is 4.39 Å². The van der Waals surface area contributed by atoms with Crippen molar-refractivity contribution in [1.29, 1.82) is 0 Å². The second-order valence-corrected chi connectivity index (χ2v) is 4.68. The third kappa shape index (κ3) is 2.23. The Labute approximate surface area is 110 Å². The van der Waals surface area contributed by atoms with Crippen molar-refractivity contribution in [2.24, 2.45) is 0 Å². The molecule has 0 unspecified atom stereocenters. The Morgan fingerprint density at radius 1 is 1.32 bits per heavy atom. The van der Waals surface area contributed by atoms with Crippen molar-refractivity contribution in [1.82, 2.24) is 15.1 Å². The van der Waals surface area contributed by atoms with Crippen LogP contribution in [0.25, 0.3) is 0 Å². The number of aromatic nitrogens is 2. The smallest absolute Gasteiger partial charge is 0.254 e. The van der Waals surface area contributed by atoms with Gasteiger partial charge in [0, 0.05) is 18.3 Å². The third-order valence-corrected chi connectivity index (χ3v) is 3.49. The number of halogens is 1. The zero-order chi connectivity index (χ0) is 13.2. The van der Waals surface area contributed by atoms with Crippen LogP contribution in [-0.2, 0) is 0 Å². The van der Waals surface area contributed by atoms with Gasteiger partial charge in [0.05, 0.1) is 11.7 Å². The number of hydrogen-bond acceptors (Lipinski definition) is 2. The van der Waals surface area contributed by atoms with Gasteiger partial charge in [0.1, 0.15) is 5.82 Å². The Balaban J connectivity index is 1.84. The highest BCUT2D eigenvalue weighted by molar-refractivity contribution is 5.94. The average Bonchev–Trinajstić information content (AvgIpc) is 3.09. The predicted octanol–water partition coefficient (Wildman–Crippen LogP) is 2.53. The first-order chi connectivity index (χ1) is 9.25. The first kappa shape index (κ1) is 11.9. The number of nitrogens with one attached hydrogen (secondary N) is 1. The summed E-state index contributed by atoms with van der Waals surface area (Å²) in [7, 11) is 0. The fourth-order valence-electron chi connectivity index (χ4n) is 2.54. The van der Waals surface area contributed by atoms with Crippen molar-refractivity contribution < 1.29 is 9.18 Å². The number of benzene rings is 1. The summed E-state index contributed by atoms with van der Waals surface area (Å²) in [4.78, 5) is 14.3. The van der Waals surface area contributed by atoms with Crippen LogP contribution in [0.3, 0.4) is 0 Å². The van der Waals surface area contributed by atoms with E-state index >= 15 is 0 Å². The van der Waals surface area contributed by atoms with Crippen LogP contribution in [0.15, 0.2) is 36.5 Å². The Morgan fingerprint density at radius 3 is 2.79 bits per heavy atom. The van der Waals surface area contributed by atoms with Crippen LogP contribution in [0.5, 0.6) is 0 Å². The predicted molar refractivity (Wildman–Crippen MR) is 68.0 cm³/mol. The zero-order valence-corrected chi connectivity index (χ0v) is 10.3. The summed E-state index contributed by atoms with van der Waals surface area (Å²) >= 11 is 0. The van der Waals surface area contributed by atoms with E-state index in [1.807, 2.05) is 11.0 Å². The highest BCUT2D eigenvalue weighted by Gasteiger charge is 2.31. The average molecular weight is 259 g/mol. The Kier molecular flexibility index (Phi) is 3.03. The molecule has 1 N–H and O–H groups in total. The van der Waals surface area contributed by atoms with Gasteiger partial charge in [-0.15, -0.1) is 0 Å². The van der Waals surface area contributed by atoms with Crippen molar-refractivity contribution in [3.8, 4) is 0 Å². The lowest BCUT2D eigenvalue weighted by Gasteiger charge is -2.23. The minimum atomic E-state index is -0.330. The molecule has 1 atom stereocenters. The lowest BCUT2D eigenvalue weighted by atomic mass is 10.1. The minimum Gasteiger partial charge on any atom is -0.330 e. The largest absolute Gasteiger partial charge is 0.330 e. The number of nitrogens with zero attached hydrogens (tertiary/aromatic N) is 2. The van der Waals surface area contributed by atoms with Crippen LogP contribution in [0.1, 0.15) is 34.9 Å². The van der Waals surface area contributed by atoms with E-state index in [1.54, 1.807) is 6.20 Å². The number of H-pyrrole nitrogens is 1. The minimum absolute atomic E-state index is 0.0417. The van der Waals surface area contributed by atoms with Gasteiger partial charge in [-0.3, -0.25) is 9.89 Å². The van der Waals surface area contributed by atoms with Gasteiger partial charge in [-0.05, 0) is 43.2 Å². The van der Waals surface area contributed by atoms with Crippen LogP contribution in [-0.4, -0.2) is 27.5 Å². The van der Waals surface area contributed by atoms with Gasteiger partial charge in [-0.1, -0.05) is 0 Å². The lowest BCUT2D eigenvalue weighted by molar-refractivity contribution is 0.0733. The van der Waals surface area contributed by atoms with Crippen LogP contribution >= 0.6 is 0 Å². The number of hydrogen-bond donors (Lipinski definition) is 1. The molecule has 1 saturated heterocycles. The standard InChI is InChI=1S/C14H14FN3O/c15-11-5-3-10(4-6-11)14(19)18-9-1-2-13(18)12-7-8-16-17-12/h3-8,13H,1-2,9H2,(H,16,17)/t13-/m1/s1. The SMILES string of the molecule is O=C(c1ccc(F)cc1)N1CCC[C@@H]1c1ccn[nH]1. The summed E-state index contributed by atoms with van der Waals surface area (Å²) in [5.74, 6) is -0.389. The number of likely N-dealkylation sites (tertiary alicyclic amines) is 1. The van der Waals surface area contributed by atoms with E-state index in [9.17, 15) is 9.18 Å². The second kappa shape index (κ2) is 4.84. The van der Waals surface area contributed by atoms with Gasteiger partial charge >= 0.3 is 0 Å². The molecule has 1 aromatic heterocycles. The van der Waals surface area contributed by atoms with E-state index in [0.29, 0.717) is 5.56 Å². The molecule has 0 radical (unpaired) electrons. The van der Waals surface area contributed by atoms with E-state index < -0.39 is 0 Å². The molecule has 19 heavy (non-hydrogen) atoms. The van der Waals surface area contributed by atoms with E-state index in [2.05, 4.69) is 10.2 Å². The number of rotatable bonds is 2. The summed E-state index contributed by atoms with van der Waals surface area (Å²) in [5, 5.41) is 6.85. The van der Waals surface area contributed by atoms with Gasteiger partial charge in [-0.25, -0.2) is 4.39 Å². The monoisotopic (exact) mass is 259 g/mol. The van der Waals surface area contributed by atoms with Gasteiger partial charge in [0.15, 0.2) is 0 Å². The highest BCUT2D eigenvalue weighted by Crippen LogP contribution is 2.31. The number of aromatic amines is 1. The molecule has 4 nitrogen and oxygen atoms in total. The first-order valence-electron chi connectivity index (χ1n) is 6.31. The summed E-state index contributed by atoms with van der Waals surface area (Å²) in [6, 6.07) is 7.62. The highest BCUT2D eigenvalue weighted by atomic mass is 19.1. The maximum absolute atomic E-state index is 12.9. The van der Waals surface area contributed by atoms with Gasteiger partial charge in [-0.2, -0.15) is 5.10 Å². The van der Waals surface area contributed by atoms with Crippen molar-refractivity contribution >= 4 is 5.91 Å². The van der Waals surface area contributed by atoms with Gasteiger partial charge < -0.3 is 4.90 Å². The van der Waals surface area contributed by atoms with Crippen LogP contribution in [0, 0.1) is 5.82 Å². The van der Waals surface area contributed by atoms with Crippen molar-refractivity contribution in [2.45, 2.75) is 18.9 Å². The van der Waals surface area contributed by atoms with Crippen molar-refractivity contribution in [2.75, 3.05) is 6.54 Å². The molecule has 1 aliphatic rings. The quantitative estimate of drug-likeness (QED) is 0.901. The van der Waals surface area contributed by atoms with E-state index in [0.717, 1.165) is 25.1 Å². The third-order valence-electron chi connectivity index (χ3n) is 3.49. The molecule has 2 aromatic rings. The van der Waals surface area contributed by atoms with Crippen molar-refractivity contribution in [3.63, 3.8) is 0 Å². The summed E-state index contributed by atoms with van der Waals surface area (Å²) in [6.45, 7) is 0.722. The number of carbonyl (C=O) groups excluding carboxylic acids is 1. The topological polar surface area (TPSA) is 49.0 Å². The van der Waals surface area contributed by atoms with E-state index in [4.69, 9.17) is 0 Å². The number of amides is 1. The molecule has 3 rings (SSSR count). The molecule has 0 spiro atoms. The first-order valence-corrected chi connectivity index (χ1v) is 6.31. The fourth-order valence-corrected chi connectivity index (χ4v) is 2.54. The van der Waals surface area contributed by atoms with Crippen LogP contribution < -0.4 is 0 Å². The summed E-state index contributed by atoms with van der Waals surface area (Å²) in [5.41, 5.74) is 1.47. The molecule has 0 saturated carbocycles. The van der Waals surface area contributed by atoms with Crippen LogP contribution in [0.2, 0.25) is 0 Å². The molecule has 1 amide bonds. The Hall–Kier alpha value is -2.17. The normalized spacial score (nSPS) is 18.8. The van der Waals surface area contributed by atoms with Gasteiger partial charge in [0.2, 0.25) is 0 Å². The maximum Gasteiger partial charge on any atom is 0.254 e. The molecule has 1 aromatic carbocycles. The second-order valence-electron chi connectivity index (χ2n) is 4.68. The van der Waals surface area contributed by atoms with Gasteiger partial charge in [0.25, 0.3) is 5.91 Å². The lowest BCUT2D eigenvalue weighted by Crippen LogP contribution is -2.30. The summed E-state index contributed by atoms with van der Waals surface area (Å²) in [6.07, 6.45) is 3.58. The molecule has 98 valence electrons. The summed E-state index contributed by atoms with van der Waals surface area (Å²) < 4.78 is 12.9. The Bertz CT molecular complexity index is 565. The van der Waals surface area contributed by atoms with E-state index in [-0.39, 0.29) is 17.8 Å². The molecule has 5 heteroatoms. The zero-order valence-electron chi connectivity index (χ0n) is 10.3. The molecule has 0 aliphatic carbocycles. The molecule has 2 heterocycles. The van der Waals surface area contributed by atoms with E-state index in [1.165, 1.54) is 24.3 Å². The Morgan fingerprint density at radius 2 is 2.11 bits per heavy atom. The molecule has 0 bridgehead atoms. The molecular formula is C14H14FN3O. The molecule has 1 aliphatic heterocycles. The molecule has 1 fully saturated rings. The molecular weight excluding hydrogens is 245 g/mol. The number of carbonyl (C=O) groups is 1. The maximum atomic E-state index is 12.9. The van der Waals surface area contributed by atoms with Crippen molar-refractivity contribution in [3.05, 3.63) is 53.6 Å². The fraction of sp³-hybridized carbons (Fsp3) is 0.286.